The van der Waals surface area contributed by atoms with Gasteiger partial charge in [0.1, 0.15) is 0 Å². The number of hydrogen-bond donors (Lipinski definition) is 0. The van der Waals surface area contributed by atoms with Gasteiger partial charge in [0.15, 0.2) is 0 Å². The Balaban J connectivity index is 2.87. The van der Waals surface area contributed by atoms with Crippen LogP contribution >= 0.6 is 0 Å². The minimum absolute atomic E-state index is 1.12. The van der Waals surface area contributed by atoms with E-state index < -0.39 is 0 Å². The highest BCUT2D eigenvalue weighted by Gasteiger charge is 1.84. The summed E-state index contributed by atoms with van der Waals surface area (Å²) in [4.78, 5) is 3.99. The SMILES string of the molecule is C=C/C(C)=C\c1cccnc1. The minimum atomic E-state index is 1.12. The largest absolute Gasteiger partial charge is 0.264 e. The van der Waals surface area contributed by atoms with E-state index in [4.69, 9.17) is 0 Å². The van der Waals surface area contributed by atoms with Gasteiger partial charge >= 0.3 is 0 Å². The molecule has 0 saturated heterocycles. The molecule has 0 radical (unpaired) electrons. The number of aromatic nitrogens is 1. The second kappa shape index (κ2) is 3.71. The molecule has 56 valence electrons. The summed E-state index contributed by atoms with van der Waals surface area (Å²) < 4.78 is 0. The fraction of sp³-hybridized carbons (Fsp3) is 0.100. The molecule has 0 spiro atoms. The molecule has 0 N–H and O–H groups in total. The van der Waals surface area contributed by atoms with Crippen LogP contribution in [0.15, 0.2) is 42.8 Å². The maximum Gasteiger partial charge on any atom is 0.0340 e. The average Bonchev–Trinajstić information content (AvgIpc) is 2.06. The van der Waals surface area contributed by atoms with Crippen LogP contribution in [-0.4, -0.2) is 4.98 Å². The van der Waals surface area contributed by atoms with E-state index in [-0.39, 0.29) is 0 Å². The Labute approximate surface area is 67.1 Å². The highest BCUT2D eigenvalue weighted by molar-refractivity contribution is 5.53. The maximum absolute atomic E-state index is 3.99. The lowest BCUT2D eigenvalue weighted by atomic mass is 10.2. The van der Waals surface area contributed by atoms with Crippen molar-refractivity contribution < 1.29 is 0 Å². The van der Waals surface area contributed by atoms with Crippen molar-refractivity contribution >= 4 is 6.08 Å². The highest BCUT2D eigenvalue weighted by atomic mass is 14.6. The summed E-state index contributed by atoms with van der Waals surface area (Å²) in [6.45, 7) is 5.68. The molecule has 1 aromatic rings. The van der Waals surface area contributed by atoms with Crippen molar-refractivity contribution in [3.05, 3.63) is 48.3 Å². The molecule has 0 saturated carbocycles. The Morgan fingerprint density at radius 3 is 3.00 bits per heavy atom. The molecule has 0 aliphatic rings. The van der Waals surface area contributed by atoms with E-state index in [9.17, 15) is 0 Å². The van der Waals surface area contributed by atoms with Gasteiger partial charge in [-0.15, -0.1) is 0 Å². The van der Waals surface area contributed by atoms with Gasteiger partial charge in [-0.3, -0.25) is 4.98 Å². The van der Waals surface area contributed by atoms with E-state index in [1.807, 2.05) is 37.4 Å². The van der Waals surface area contributed by atoms with Crippen LogP contribution in [0.4, 0.5) is 0 Å². The molecule has 1 aromatic heterocycles. The van der Waals surface area contributed by atoms with Crippen molar-refractivity contribution in [1.29, 1.82) is 0 Å². The maximum atomic E-state index is 3.99. The molecule has 0 aliphatic carbocycles. The van der Waals surface area contributed by atoms with Crippen LogP contribution in [0.1, 0.15) is 12.5 Å². The van der Waals surface area contributed by atoms with E-state index in [0.29, 0.717) is 0 Å². The zero-order valence-electron chi connectivity index (χ0n) is 6.62. The minimum Gasteiger partial charge on any atom is -0.264 e. The van der Waals surface area contributed by atoms with Gasteiger partial charge in [0.25, 0.3) is 0 Å². The lowest BCUT2D eigenvalue weighted by molar-refractivity contribution is 1.31. The fourth-order valence-corrected chi connectivity index (χ4v) is 0.783. The lowest BCUT2D eigenvalue weighted by Gasteiger charge is -1.92. The molecule has 0 aliphatic heterocycles. The summed E-state index contributed by atoms with van der Waals surface area (Å²) in [6, 6.07) is 3.93. The molecule has 0 atom stereocenters. The van der Waals surface area contributed by atoms with Crippen LogP contribution in [0.2, 0.25) is 0 Å². The third-order valence-corrected chi connectivity index (χ3v) is 1.40. The van der Waals surface area contributed by atoms with Crippen LogP contribution in [0.3, 0.4) is 0 Å². The Bertz CT molecular complexity index is 259. The van der Waals surface area contributed by atoms with Crippen molar-refractivity contribution in [3.63, 3.8) is 0 Å². The van der Waals surface area contributed by atoms with Gasteiger partial charge < -0.3 is 0 Å². The smallest absolute Gasteiger partial charge is 0.0340 e. The molecule has 0 bridgehead atoms. The standard InChI is InChI=1S/C10H11N/c1-3-9(2)7-10-5-4-6-11-8-10/h3-8H,1H2,2H3/b9-7-. The molecule has 0 aromatic carbocycles. The van der Waals surface area contributed by atoms with E-state index in [1.165, 1.54) is 0 Å². The summed E-state index contributed by atoms with van der Waals surface area (Å²) in [5.74, 6) is 0. The summed E-state index contributed by atoms with van der Waals surface area (Å²) >= 11 is 0. The number of allylic oxidation sites excluding steroid dienone is 2. The van der Waals surface area contributed by atoms with Gasteiger partial charge in [-0.2, -0.15) is 0 Å². The van der Waals surface area contributed by atoms with Crippen molar-refractivity contribution in [2.45, 2.75) is 6.92 Å². The molecule has 11 heavy (non-hydrogen) atoms. The first-order chi connectivity index (χ1) is 5.33. The van der Waals surface area contributed by atoms with Crippen molar-refractivity contribution in [2.24, 2.45) is 0 Å². The topological polar surface area (TPSA) is 12.9 Å². The molecule has 1 nitrogen and oxygen atoms in total. The van der Waals surface area contributed by atoms with Gasteiger partial charge in [0.05, 0.1) is 0 Å². The first-order valence-corrected chi connectivity index (χ1v) is 3.53. The Kier molecular flexibility index (Phi) is 2.61. The van der Waals surface area contributed by atoms with Gasteiger partial charge in [-0.05, 0) is 18.6 Å². The first-order valence-electron chi connectivity index (χ1n) is 3.53. The van der Waals surface area contributed by atoms with E-state index in [1.54, 1.807) is 6.20 Å². The molecule has 0 unspecified atom stereocenters. The zero-order chi connectivity index (χ0) is 8.10. The fourth-order valence-electron chi connectivity index (χ4n) is 0.783. The Morgan fingerprint density at radius 1 is 1.64 bits per heavy atom. The van der Waals surface area contributed by atoms with Crippen molar-refractivity contribution in [2.75, 3.05) is 0 Å². The Morgan fingerprint density at radius 2 is 2.45 bits per heavy atom. The van der Waals surface area contributed by atoms with Gasteiger partial charge in [-0.1, -0.05) is 30.4 Å². The van der Waals surface area contributed by atoms with Crippen molar-refractivity contribution in [3.8, 4) is 0 Å². The zero-order valence-corrected chi connectivity index (χ0v) is 6.62. The molecule has 1 rings (SSSR count). The molecule has 1 heterocycles. The van der Waals surface area contributed by atoms with Gasteiger partial charge in [-0.25, -0.2) is 0 Å². The van der Waals surface area contributed by atoms with Crippen LogP contribution in [0, 0.1) is 0 Å². The van der Waals surface area contributed by atoms with E-state index in [2.05, 4.69) is 11.6 Å². The summed E-state index contributed by atoms with van der Waals surface area (Å²) in [5, 5.41) is 0. The molecule has 1 heteroatoms. The predicted molar refractivity (Wildman–Crippen MR) is 48.1 cm³/mol. The third kappa shape index (κ3) is 2.38. The van der Waals surface area contributed by atoms with E-state index >= 15 is 0 Å². The summed E-state index contributed by atoms with van der Waals surface area (Å²) in [7, 11) is 0. The van der Waals surface area contributed by atoms with Crippen molar-refractivity contribution in [1.82, 2.24) is 4.98 Å². The first kappa shape index (κ1) is 7.73. The van der Waals surface area contributed by atoms with Gasteiger partial charge in [0, 0.05) is 12.4 Å². The normalized spacial score (nSPS) is 11.2. The predicted octanol–water partition coefficient (Wildman–Crippen LogP) is 2.67. The van der Waals surface area contributed by atoms with Crippen LogP contribution in [0.25, 0.3) is 6.08 Å². The second-order valence-electron chi connectivity index (χ2n) is 2.38. The quantitative estimate of drug-likeness (QED) is 0.583. The highest BCUT2D eigenvalue weighted by Crippen LogP contribution is 2.04. The molecule has 0 amide bonds. The summed E-state index contributed by atoms with van der Waals surface area (Å²) in [6.07, 6.45) is 7.46. The molecular formula is C10H11N. The number of hydrogen-bond acceptors (Lipinski definition) is 1. The lowest BCUT2D eigenvalue weighted by Crippen LogP contribution is -1.74. The molecular weight excluding hydrogens is 134 g/mol. The Hall–Kier alpha value is -1.37. The summed E-state index contributed by atoms with van der Waals surface area (Å²) in [5.41, 5.74) is 2.27. The van der Waals surface area contributed by atoms with Gasteiger partial charge in [0.2, 0.25) is 0 Å². The second-order valence-corrected chi connectivity index (χ2v) is 2.38. The number of rotatable bonds is 2. The third-order valence-electron chi connectivity index (χ3n) is 1.40. The average molecular weight is 145 g/mol. The monoisotopic (exact) mass is 145 g/mol. The number of nitrogens with zero attached hydrogens (tertiary/aromatic N) is 1. The van der Waals surface area contributed by atoms with Crippen LogP contribution < -0.4 is 0 Å². The number of pyridine rings is 1. The molecule has 0 fully saturated rings. The van der Waals surface area contributed by atoms with Crippen LogP contribution in [-0.2, 0) is 0 Å². The van der Waals surface area contributed by atoms with Crippen LogP contribution in [0.5, 0.6) is 0 Å². The van der Waals surface area contributed by atoms with E-state index in [0.717, 1.165) is 11.1 Å².